The minimum atomic E-state index is -1.28. The molecule has 1 aromatic carbocycles. The number of carboxylic acids is 1. The Balaban J connectivity index is 2.73. The van der Waals surface area contributed by atoms with E-state index in [4.69, 9.17) is 5.11 Å². The third kappa shape index (κ3) is 5.51. The number of carbonyl (C=O) groups excluding carboxylic acids is 1. The van der Waals surface area contributed by atoms with Gasteiger partial charge in [-0.25, -0.2) is 9.18 Å². The van der Waals surface area contributed by atoms with E-state index in [1.807, 2.05) is 13.8 Å². The molecule has 0 aliphatic carbocycles. The summed E-state index contributed by atoms with van der Waals surface area (Å²) in [5.41, 5.74) is 0.198. The molecule has 0 fully saturated rings. The number of benzene rings is 1. The number of aliphatic hydroxyl groups excluding tert-OH is 1. The molecule has 1 aromatic rings. The first-order valence-electron chi connectivity index (χ1n) is 6.76. The minimum Gasteiger partial charge on any atom is -0.480 e. The Morgan fingerprint density at radius 1 is 1.29 bits per heavy atom. The lowest BCUT2D eigenvalue weighted by atomic mass is 10.0. The molecule has 0 unspecified atom stereocenters. The molecule has 0 spiro atoms. The first-order chi connectivity index (χ1) is 9.81. The van der Waals surface area contributed by atoms with Crippen molar-refractivity contribution in [3.63, 3.8) is 0 Å². The summed E-state index contributed by atoms with van der Waals surface area (Å²) in [4.78, 5) is 22.9. The van der Waals surface area contributed by atoms with E-state index in [2.05, 4.69) is 5.32 Å². The molecule has 0 bridgehead atoms. The van der Waals surface area contributed by atoms with Gasteiger partial charge in [0.05, 0.1) is 0 Å². The van der Waals surface area contributed by atoms with E-state index < -0.39 is 29.8 Å². The average Bonchev–Trinajstić information content (AvgIpc) is 2.39. The highest BCUT2D eigenvalue weighted by Gasteiger charge is 2.25. The highest BCUT2D eigenvalue weighted by molar-refractivity contribution is 5.86. The van der Waals surface area contributed by atoms with E-state index in [0.29, 0.717) is 0 Å². The van der Waals surface area contributed by atoms with Crippen molar-refractivity contribution in [3.05, 3.63) is 35.6 Å². The summed E-state index contributed by atoms with van der Waals surface area (Å²) >= 11 is 0. The smallest absolute Gasteiger partial charge is 0.326 e. The van der Waals surface area contributed by atoms with Gasteiger partial charge in [0.2, 0.25) is 5.91 Å². The largest absolute Gasteiger partial charge is 0.480 e. The van der Waals surface area contributed by atoms with Crippen molar-refractivity contribution in [2.75, 3.05) is 0 Å². The van der Waals surface area contributed by atoms with Gasteiger partial charge in [0.15, 0.2) is 0 Å². The van der Waals surface area contributed by atoms with Crippen LogP contribution in [0.3, 0.4) is 0 Å². The summed E-state index contributed by atoms with van der Waals surface area (Å²) in [6.07, 6.45) is -1.22. The summed E-state index contributed by atoms with van der Waals surface area (Å²) in [6, 6.07) is 4.49. The van der Waals surface area contributed by atoms with E-state index in [9.17, 15) is 19.1 Å². The number of carboxylic acid groups (broad SMARTS) is 1. The molecule has 116 valence electrons. The number of hydrogen-bond acceptors (Lipinski definition) is 3. The molecule has 3 N–H and O–H groups in total. The number of carbonyl (C=O) groups is 2. The van der Waals surface area contributed by atoms with Crippen LogP contribution in [-0.2, 0) is 16.0 Å². The van der Waals surface area contributed by atoms with E-state index >= 15 is 0 Å². The molecule has 21 heavy (non-hydrogen) atoms. The molecule has 0 saturated heterocycles. The van der Waals surface area contributed by atoms with Crippen LogP contribution in [0.2, 0.25) is 0 Å². The molecular weight excluding hydrogens is 277 g/mol. The SMILES string of the molecule is CC(C)C[C@@H](O)C(=O)N[C@@H](Cc1ccccc1F)C(=O)O. The Labute approximate surface area is 122 Å². The molecule has 0 saturated carbocycles. The Morgan fingerprint density at radius 3 is 2.43 bits per heavy atom. The summed E-state index contributed by atoms with van der Waals surface area (Å²) in [6.45, 7) is 3.68. The van der Waals surface area contributed by atoms with Crippen LogP contribution in [0.15, 0.2) is 24.3 Å². The van der Waals surface area contributed by atoms with Crippen LogP contribution in [0.1, 0.15) is 25.8 Å². The van der Waals surface area contributed by atoms with Crippen molar-refractivity contribution in [3.8, 4) is 0 Å². The highest BCUT2D eigenvalue weighted by atomic mass is 19.1. The normalized spacial score (nSPS) is 13.8. The van der Waals surface area contributed by atoms with Gasteiger partial charge >= 0.3 is 5.97 Å². The Kier molecular flexibility index (Phi) is 6.30. The standard InChI is InChI=1S/C15H20FNO4/c1-9(2)7-13(18)14(19)17-12(15(20)21)8-10-5-3-4-6-11(10)16/h3-6,9,12-13,18H,7-8H2,1-2H3,(H,17,19)(H,20,21)/t12-,13+/m0/s1. The van der Waals surface area contributed by atoms with E-state index in [0.717, 1.165) is 0 Å². The van der Waals surface area contributed by atoms with E-state index in [1.165, 1.54) is 18.2 Å². The second-order valence-corrected chi connectivity index (χ2v) is 5.34. The van der Waals surface area contributed by atoms with Crippen molar-refractivity contribution >= 4 is 11.9 Å². The van der Waals surface area contributed by atoms with E-state index in [-0.39, 0.29) is 24.3 Å². The lowest BCUT2D eigenvalue weighted by molar-refractivity contribution is -0.143. The maximum atomic E-state index is 13.5. The van der Waals surface area contributed by atoms with Crippen molar-refractivity contribution in [2.45, 2.75) is 38.8 Å². The quantitative estimate of drug-likeness (QED) is 0.709. The summed E-state index contributed by atoms with van der Waals surface area (Å²) < 4.78 is 13.5. The van der Waals surface area contributed by atoms with Crippen LogP contribution in [0.4, 0.5) is 4.39 Å². The number of nitrogens with one attached hydrogen (secondary N) is 1. The molecule has 2 atom stereocenters. The van der Waals surface area contributed by atoms with E-state index in [1.54, 1.807) is 6.07 Å². The van der Waals surface area contributed by atoms with Crippen molar-refractivity contribution in [1.29, 1.82) is 0 Å². The van der Waals surface area contributed by atoms with Crippen LogP contribution in [0.5, 0.6) is 0 Å². The van der Waals surface area contributed by atoms with Crippen LogP contribution in [0, 0.1) is 11.7 Å². The Bertz CT molecular complexity index is 504. The van der Waals surface area contributed by atoms with Crippen molar-refractivity contribution in [1.82, 2.24) is 5.32 Å². The fourth-order valence-corrected chi connectivity index (χ4v) is 1.91. The molecule has 0 aromatic heterocycles. The molecule has 1 amide bonds. The van der Waals surface area contributed by atoms with Gasteiger partial charge in [-0.05, 0) is 24.0 Å². The maximum absolute atomic E-state index is 13.5. The fourth-order valence-electron chi connectivity index (χ4n) is 1.91. The minimum absolute atomic E-state index is 0.0978. The van der Waals surface area contributed by atoms with Gasteiger partial charge in [-0.2, -0.15) is 0 Å². The molecule has 6 heteroatoms. The van der Waals surface area contributed by atoms with Gasteiger partial charge in [0.1, 0.15) is 18.0 Å². The predicted molar refractivity (Wildman–Crippen MR) is 75.1 cm³/mol. The van der Waals surface area contributed by atoms with Crippen LogP contribution in [0.25, 0.3) is 0 Å². The Hall–Kier alpha value is -1.95. The number of rotatable bonds is 7. The number of halogens is 1. The van der Waals surface area contributed by atoms with Gasteiger partial charge in [0, 0.05) is 6.42 Å². The highest BCUT2D eigenvalue weighted by Crippen LogP contribution is 2.10. The first kappa shape index (κ1) is 17.1. The van der Waals surface area contributed by atoms with Crippen molar-refractivity contribution in [2.24, 2.45) is 5.92 Å². The topological polar surface area (TPSA) is 86.6 Å². The molecule has 5 nitrogen and oxygen atoms in total. The zero-order chi connectivity index (χ0) is 16.0. The maximum Gasteiger partial charge on any atom is 0.326 e. The number of hydrogen-bond donors (Lipinski definition) is 3. The molecular formula is C15H20FNO4. The fraction of sp³-hybridized carbons (Fsp3) is 0.467. The zero-order valence-electron chi connectivity index (χ0n) is 12.0. The second kappa shape index (κ2) is 7.73. The van der Waals surface area contributed by atoms with Gasteiger partial charge in [-0.3, -0.25) is 4.79 Å². The number of aliphatic carboxylic acids is 1. The molecule has 0 radical (unpaired) electrons. The summed E-state index contributed by atoms with van der Waals surface area (Å²) in [5, 5.41) is 21.0. The lowest BCUT2D eigenvalue weighted by Crippen LogP contribution is -2.47. The zero-order valence-corrected chi connectivity index (χ0v) is 12.0. The van der Waals surface area contributed by atoms with Crippen LogP contribution in [-0.4, -0.2) is 34.2 Å². The van der Waals surface area contributed by atoms with Gasteiger partial charge in [-0.1, -0.05) is 32.0 Å². The third-order valence-electron chi connectivity index (χ3n) is 2.99. The number of amides is 1. The van der Waals surface area contributed by atoms with Gasteiger partial charge in [-0.15, -0.1) is 0 Å². The predicted octanol–water partition coefficient (Wildman–Crippen LogP) is 1.34. The first-order valence-corrected chi connectivity index (χ1v) is 6.76. The molecule has 0 heterocycles. The third-order valence-corrected chi connectivity index (χ3v) is 2.99. The average molecular weight is 297 g/mol. The summed E-state index contributed by atoms with van der Waals surface area (Å²) in [7, 11) is 0. The molecule has 0 aliphatic heterocycles. The van der Waals surface area contributed by atoms with Crippen LogP contribution < -0.4 is 5.32 Å². The van der Waals surface area contributed by atoms with Gasteiger partial charge in [0.25, 0.3) is 0 Å². The Morgan fingerprint density at radius 2 is 1.90 bits per heavy atom. The summed E-state index contributed by atoms with van der Waals surface area (Å²) in [5.74, 6) is -2.46. The monoisotopic (exact) mass is 297 g/mol. The lowest BCUT2D eigenvalue weighted by Gasteiger charge is -2.18. The van der Waals surface area contributed by atoms with Crippen molar-refractivity contribution < 1.29 is 24.2 Å². The second-order valence-electron chi connectivity index (χ2n) is 5.34. The molecule has 1 rings (SSSR count). The van der Waals surface area contributed by atoms with Gasteiger partial charge < -0.3 is 15.5 Å². The van der Waals surface area contributed by atoms with Crippen LogP contribution >= 0.6 is 0 Å². The molecule has 0 aliphatic rings. The number of aliphatic hydroxyl groups is 1.